The molecule has 1 nitrogen and oxygen atoms in total. The van der Waals surface area contributed by atoms with Crippen molar-refractivity contribution in [1.82, 2.24) is 4.90 Å². The molecule has 0 spiro atoms. The van der Waals surface area contributed by atoms with Gasteiger partial charge in [-0.25, -0.2) is 4.39 Å². The fourth-order valence-corrected chi connectivity index (χ4v) is 0.438. The topological polar surface area (TPSA) is 3.24 Å². The molecule has 6 heavy (non-hydrogen) atoms. The fraction of sp³-hybridized carbons (Fsp3) is 0.750. The van der Waals surface area contributed by atoms with Crippen molar-refractivity contribution in [2.45, 2.75) is 6.42 Å². The molecule has 0 amide bonds. The summed E-state index contributed by atoms with van der Waals surface area (Å²) in [6, 6.07) is 0. The summed E-state index contributed by atoms with van der Waals surface area (Å²) in [6.45, 7) is 2.47. The third-order valence-corrected chi connectivity index (χ3v) is 1.03. The molecule has 1 fully saturated rings. The first kappa shape index (κ1) is 4.06. The minimum absolute atomic E-state index is 0.642. The van der Waals surface area contributed by atoms with E-state index in [4.69, 9.17) is 0 Å². The largest absolute Gasteiger partial charge is 0.270 e. The number of hydrogen-bond donors (Lipinski definition) is 0. The quantitative estimate of drug-likeness (QED) is 0.428. The summed E-state index contributed by atoms with van der Waals surface area (Å²) in [7, 11) is 0. The molecule has 0 aromatic rings. The average molecular weight is 88.1 g/mol. The summed E-state index contributed by atoms with van der Waals surface area (Å²) >= 11 is 0. The van der Waals surface area contributed by atoms with Crippen molar-refractivity contribution < 1.29 is 4.39 Å². The Balaban J connectivity index is 2.01. The number of likely N-dealkylation sites (tertiary alicyclic amines) is 1. The lowest BCUT2D eigenvalue weighted by molar-refractivity contribution is 0.176. The molecule has 2 heteroatoms. The Morgan fingerprint density at radius 3 is 2.17 bits per heavy atom. The van der Waals surface area contributed by atoms with Crippen molar-refractivity contribution in [2.75, 3.05) is 13.1 Å². The molecule has 0 aromatic heterocycles. The van der Waals surface area contributed by atoms with Crippen molar-refractivity contribution in [2.24, 2.45) is 0 Å². The van der Waals surface area contributed by atoms with Crippen LogP contribution in [-0.2, 0) is 0 Å². The Hall–Kier alpha value is -0.110. The molecular weight excluding hydrogens is 81.0 g/mol. The molecular formula is C4H7FN. The van der Waals surface area contributed by atoms with Gasteiger partial charge in [-0.1, -0.05) is 0 Å². The van der Waals surface area contributed by atoms with Crippen molar-refractivity contribution in [3.8, 4) is 0 Å². The zero-order chi connectivity index (χ0) is 4.41. The lowest BCUT2D eigenvalue weighted by Gasteiger charge is -2.25. The maximum absolute atomic E-state index is 11.2. The summed E-state index contributed by atoms with van der Waals surface area (Å²) < 4.78 is 11.2. The number of halogens is 1. The zero-order valence-electron chi connectivity index (χ0n) is 3.52. The van der Waals surface area contributed by atoms with Crippen LogP contribution in [-0.4, -0.2) is 18.0 Å². The van der Waals surface area contributed by atoms with E-state index in [0.29, 0.717) is 6.80 Å². The first-order valence-corrected chi connectivity index (χ1v) is 2.11. The Morgan fingerprint density at radius 2 is 2.17 bits per heavy atom. The highest BCUT2D eigenvalue weighted by Gasteiger charge is 2.11. The molecule has 1 aliphatic heterocycles. The highest BCUT2D eigenvalue weighted by molar-refractivity contribution is 4.68. The number of nitrogens with zero attached hydrogens (tertiary/aromatic N) is 1. The molecule has 35 valence electrons. The van der Waals surface area contributed by atoms with Crippen LogP contribution in [0.2, 0.25) is 0 Å². The van der Waals surface area contributed by atoms with Crippen molar-refractivity contribution in [1.29, 1.82) is 0 Å². The van der Waals surface area contributed by atoms with Crippen molar-refractivity contribution >= 4 is 0 Å². The van der Waals surface area contributed by atoms with Crippen molar-refractivity contribution in [3.05, 3.63) is 6.80 Å². The lowest BCUT2D eigenvalue weighted by atomic mass is 10.2. The van der Waals surface area contributed by atoms with E-state index < -0.39 is 0 Å². The predicted octanol–water partition coefficient (Wildman–Crippen LogP) is 0.781. The number of rotatable bonds is 1. The summed E-state index contributed by atoms with van der Waals surface area (Å²) in [5, 5.41) is 0. The minimum Gasteiger partial charge on any atom is -0.270 e. The van der Waals surface area contributed by atoms with E-state index in [1.165, 1.54) is 0 Å². The van der Waals surface area contributed by atoms with E-state index in [1.54, 1.807) is 4.90 Å². The third-order valence-electron chi connectivity index (χ3n) is 1.03. The van der Waals surface area contributed by atoms with Gasteiger partial charge in [-0.2, -0.15) is 0 Å². The van der Waals surface area contributed by atoms with Gasteiger partial charge >= 0.3 is 0 Å². The maximum Gasteiger partial charge on any atom is 0.198 e. The van der Waals surface area contributed by atoms with Crippen LogP contribution in [0.4, 0.5) is 4.39 Å². The zero-order valence-corrected chi connectivity index (χ0v) is 3.52. The van der Waals surface area contributed by atoms with Crippen LogP contribution in [0.25, 0.3) is 0 Å². The van der Waals surface area contributed by atoms with Crippen LogP contribution in [0.5, 0.6) is 0 Å². The molecule has 1 heterocycles. The summed E-state index contributed by atoms with van der Waals surface area (Å²) in [4.78, 5) is 1.64. The molecule has 0 atom stereocenters. The Labute approximate surface area is 36.8 Å². The molecule has 0 N–H and O–H groups in total. The second-order valence-corrected chi connectivity index (χ2v) is 1.49. The molecule has 1 saturated heterocycles. The van der Waals surface area contributed by atoms with Gasteiger partial charge < -0.3 is 0 Å². The summed E-state index contributed by atoms with van der Waals surface area (Å²) in [6.07, 6.45) is 1.15. The summed E-state index contributed by atoms with van der Waals surface area (Å²) in [5.74, 6) is 0. The third kappa shape index (κ3) is 0.522. The normalized spacial score (nSPS) is 23.5. The van der Waals surface area contributed by atoms with Crippen LogP contribution in [0.3, 0.4) is 0 Å². The van der Waals surface area contributed by atoms with Gasteiger partial charge in [0.25, 0.3) is 0 Å². The van der Waals surface area contributed by atoms with E-state index in [0.717, 1.165) is 19.5 Å². The highest BCUT2D eigenvalue weighted by atomic mass is 19.1. The standard InChI is InChI=1S/C4H7FN/c5-4-6-2-1-3-6/h4H,1-3H2. The van der Waals surface area contributed by atoms with E-state index in [2.05, 4.69) is 0 Å². The smallest absolute Gasteiger partial charge is 0.198 e. The van der Waals surface area contributed by atoms with Gasteiger partial charge in [-0.3, -0.25) is 4.90 Å². The minimum atomic E-state index is 0.642. The first-order valence-electron chi connectivity index (χ1n) is 2.11. The molecule has 1 rings (SSSR count). The van der Waals surface area contributed by atoms with E-state index in [9.17, 15) is 4.39 Å². The predicted molar refractivity (Wildman–Crippen MR) is 21.6 cm³/mol. The lowest BCUT2D eigenvalue weighted by Crippen LogP contribution is -2.33. The highest BCUT2D eigenvalue weighted by Crippen LogP contribution is 2.06. The molecule has 0 bridgehead atoms. The molecule has 0 aromatic carbocycles. The van der Waals surface area contributed by atoms with Crippen LogP contribution < -0.4 is 0 Å². The second-order valence-electron chi connectivity index (χ2n) is 1.49. The molecule has 1 aliphatic rings. The first-order chi connectivity index (χ1) is 2.93. The van der Waals surface area contributed by atoms with E-state index >= 15 is 0 Å². The average Bonchev–Trinajstić information content (AvgIpc) is 1.31. The summed E-state index contributed by atoms with van der Waals surface area (Å²) in [5.41, 5.74) is 0. The Kier molecular flexibility index (Phi) is 1.05. The van der Waals surface area contributed by atoms with Crippen LogP contribution in [0, 0.1) is 6.80 Å². The molecule has 0 aliphatic carbocycles. The van der Waals surface area contributed by atoms with Gasteiger partial charge in [0.1, 0.15) is 0 Å². The molecule has 1 radical (unpaired) electrons. The van der Waals surface area contributed by atoms with Gasteiger partial charge in [-0.15, -0.1) is 0 Å². The monoisotopic (exact) mass is 88.1 g/mol. The second kappa shape index (κ2) is 1.56. The van der Waals surface area contributed by atoms with Crippen molar-refractivity contribution in [3.63, 3.8) is 0 Å². The van der Waals surface area contributed by atoms with E-state index in [1.807, 2.05) is 0 Å². The fourth-order valence-electron chi connectivity index (χ4n) is 0.438. The Morgan fingerprint density at radius 1 is 1.50 bits per heavy atom. The van der Waals surface area contributed by atoms with Gasteiger partial charge in [0.05, 0.1) is 0 Å². The van der Waals surface area contributed by atoms with Gasteiger partial charge in [0.2, 0.25) is 0 Å². The SMILES string of the molecule is F[CH]N1CCC1. The van der Waals surface area contributed by atoms with E-state index in [-0.39, 0.29) is 0 Å². The molecule has 0 unspecified atom stereocenters. The number of hydrogen-bond acceptors (Lipinski definition) is 1. The van der Waals surface area contributed by atoms with Crippen LogP contribution in [0.15, 0.2) is 0 Å². The molecule has 0 saturated carbocycles. The van der Waals surface area contributed by atoms with Crippen LogP contribution >= 0.6 is 0 Å². The van der Waals surface area contributed by atoms with Gasteiger partial charge in [0.15, 0.2) is 6.80 Å². The van der Waals surface area contributed by atoms with Gasteiger partial charge in [-0.05, 0) is 6.42 Å². The van der Waals surface area contributed by atoms with Gasteiger partial charge in [0, 0.05) is 13.1 Å². The maximum atomic E-state index is 11.2. The van der Waals surface area contributed by atoms with Crippen LogP contribution in [0.1, 0.15) is 6.42 Å². The Bertz CT molecular complexity index is 40.1.